The number of fused-ring (bicyclic) bond motifs is 7. The Morgan fingerprint density at radius 2 is 1.14 bits per heavy atom. The van der Waals surface area contributed by atoms with Crippen LogP contribution in [-0.2, 0) is 0 Å². The number of para-hydroxylation sites is 1. The molecule has 2 nitrogen and oxygen atoms in total. The Hall–Kier alpha value is -6.51. The van der Waals surface area contributed by atoms with Crippen molar-refractivity contribution in [2.75, 3.05) is 5.32 Å². The maximum absolute atomic E-state index is 5.18. The van der Waals surface area contributed by atoms with Crippen LogP contribution in [0.5, 0.6) is 0 Å². The molecule has 0 aromatic heterocycles. The highest BCUT2D eigenvalue weighted by atomic mass is 15.1. The molecule has 0 aliphatic heterocycles. The van der Waals surface area contributed by atoms with Gasteiger partial charge in [0.25, 0.3) is 0 Å². The molecule has 1 atom stereocenters. The van der Waals surface area contributed by atoms with Crippen molar-refractivity contribution in [3.63, 3.8) is 0 Å². The molecule has 10 rings (SSSR count). The van der Waals surface area contributed by atoms with Gasteiger partial charge >= 0.3 is 0 Å². The number of nitrogens with one attached hydrogen (secondary N) is 1. The Balaban J connectivity index is 1.04. The van der Waals surface area contributed by atoms with E-state index < -0.39 is 0 Å². The molecule has 0 bridgehead atoms. The second-order valence-electron chi connectivity index (χ2n) is 13.2. The van der Waals surface area contributed by atoms with Gasteiger partial charge in [-0.05, 0) is 112 Å². The van der Waals surface area contributed by atoms with E-state index in [1.54, 1.807) is 0 Å². The molecule has 9 aromatic carbocycles. The summed E-state index contributed by atoms with van der Waals surface area (Å²) in [5.74, 6) is 0. The maximum atomic E-state index is 5.18. The van der Waals surface area contributed by atoms with E-state index in [0.29, 0.717) is 0 Å². The molecule has 50 heavy (non-hydrogen) atoms. The molecule has 1 unspecified atom stereocenters. The molecule has 0 spiro atoms. The summed E-state index contributed by atoms with van der Waals surface area (Å²) in [6.07, 6.45) is 1.74. The summed E-state index contributed by atoms with van der Waals surface area (Å²) in [6, 6.07) is 63.5. The summed E-state index contributed by atoms with van der Waals surface area (Å²) in [4.78, 5) is 5.18. The molecule has 1 N–H and O–H groups in total. The van der Waals surface area contributed by atoms with Crippen LogP contribution in [0.15, 0.2) is 181 Å². The minimum atomic E-state index is -0.263. The Bertz CT molecular complexity index is 2770. The highest BCUT2D eigenvalue weighted by Crippen LogP contribution is 2.48. The van der Waals surface area contributed by atoms with Crippen LogP contribution in [0.3, 0.4) is 0 Å². The Morgan fingerprint density at radius 1 is 0.440 bits per heavy atom. The molecule has 0 heterocycles. The minimum absolute atomic E-state index is 0.263. The number of nitrogens with zero attached hydrogens (tertiary/aromatic N) is 1. The van der Waals surface area contributed by atoms with E-state index in [2.05, 4.69) is 175 Å². The third-order valence-electron chi connectivity index (χ3n) is 10.3. The predicted octanol–water partition coefficient (Wildman–Crippen LogP) is 12.8. The highest BCUT2D eigenvalue weighted by molar-refractivity contribution is 6.20. The van der Waals surface area contributed by atoms with Crippen LogP contribution in [0.2, 0.25) is 0 Å². The minimum Gasteiger partial charge on any atom is -0.360 e. The summed E-state index contributed by atoms with van der Waals surface area (Å²) >= 11 is 0. The fraction of sp³-hybridized carbons (Fsp3) is 0.0208. The third kappa shape index (κ3) is 4.69. The number of anilines is 1. The highest BCUT2D eigenvalue weighted by Gasteiger charge is 2.23. The lowest BCUT2D eigenvalue weighted by molar-refractivity contribution is 0.844. The SMILES string of the molecule is C(=N\C(Nc1ccccc1)c1ccc2c(c1)-c1cccc3cccc-2c13)/c1ccc(-c2c3ccccc3cc3c2ccc2ccccc23)cc1. The zero-order valence-electron chi connectivity index (χ0n) is 27.3. The van der Waals surface area contributed by atoms with Crippen LogP contribution in [0.4, 0.5) is 5.69 Å². The van der Waals surface area contributed by atoms with Crippen molar-refractivity contribution >= 4 is 55.0 Å². The van der Waals surface area contributed by atoms with Gasteiger partial charge in [-0.1, -0.05) is 152 Å². The van der Waals surface area contributed by atoms with Crippen molar-refractivity contribution in [1.29, 1.82) is 0 Å². The summed E-state index contributed by atoms with van der Waals surface area (Å²) in [5, 5.41) is 13.9. The van der Waals surface area contributed by atoms with E-state index in [1.807, 2.05) is 12.3 Å². The Labute approximate surface area is 291 Å². The van der Waals surface area contributed by atoms with Crippen LogP contribution in [0.25, 0.3) is 76.5 Å². The summed E-state index contributed by atoms with van der Waals surface area (Å²) in [5.41, 5.74) is 10.8. The molecule has 234 valence electrons. The lowest BCUT2D eigenvalue weighted by Gasteiger charge is -2.18. The fourth-order valence-corrected chi connectivity index (χ4v) is 7.91. The summed E-state index contributed by atoms with van der Waals surface area (Å²) in [6.45, 7) is 0. The van der Waals surface area contributed by atoms with Crippen molar-refractivity contribution in [2.24, 2.45) is 4.99 Å². The number of hydrogen-bond acceptors (Lipinski definition) is 2. The predicted molar refractivity (Wildman–Crippen MR) is 213 cm³/mol. The van der Waals surface area contributed by atoms with Gasteiger partial charge in [0.2, 0.25) is 0 Å². The molecule has 0 fully saturated rings. The van der Waals surface area contributed by atoms with Gasteiger partial charge in [0.05, 0.1) is 0 Å². The van der Waals surface area contributed by atoms with Gasteiger partial charge in [0, 0.05) is 11.9 Å². The second-order valence-corrected chi connectivity index (χ2v) is 13.2. The molecular weight excluding hydrogens is 605 g/mol. The number of rotatable bonds is 6. The van der Waals surface area contributed by atoms with Crippen molar-refractivity contribution < 1.29 is 0 Å². The van der Waals surface area contributed by atoms with Crippen molar-refractivity contribution in [2.45, 2.75) is 6.17 Å². The number of hydrogen-bond donors (Lipinski definition) is 1. The first-order valence-corrected chi connectivity index (χ1v) is 17.2. The van der Waals surface area contributed by atoms with Gasteiger partial charge in [0.15, 0.2) is 0 Å². The number of aliphatic imine (C=N–C) groups is 1. The molecular formula is C48H32N2. The van der Waals surface area contributed by atoms with E-state index in [4.69, 9.17) is 4.99 Å². The Kier molecular flexibility index (Phi) is 6.60. The third-order valence-corrected chi connectivity index (χ3v) is 10.3. The maximum Gasteiger partial charge on any atom is 0.144 e. The quantitative estimate of drug-likeness (QED) is 0.110. The first-order chi connectivity index (χ1) is 24.8. The summed E-state index contributed by atoms with van der Waals surface area (Å²) in [7, 11) is 0. The van der Waals surface area contributed by atoms with Crippen LogP contribution in [0, 0.1) is 0 Å². The summed E-state index contributed by atoms with van der Waals surface area (Å²) < 4.78 is 0. The molecule has 0 radical (unpaired) electrons. The standard InChI is InChI=1S/C48H32N2/c1-2-14-37(15-3-1)50-48(36-25-26-40-41-18-8-12-33-13-9-19-42(47(33)41)45(40)29-36)49-30-31-20-22-34(23-21-31)46-39-17-7-5-11-35(39)28-44-38-16-6-4-10-32(38)24-27-43(44)46/h1-30,48,50H/b49-30+. The fourth-order valence-electron chi connectivity index (χ4n) is 7.91. The van der Waals surface area contributed by atoms with E-state index in [9.17, 15) is 0 Å². The molecule has 0 saturated carbocycles. The van der Waals surface area contributed by atoms with Gasteiger partial charge in [-0.25, -0.2) is 0 Å². The van der Waals surface area contributed by atoms with E-state index >= 15 is 0 Å². The molecule has 1 aliphatic rings. The average molecular weight is 637 g/mol. The first-order valence-electron chi connectivity index (χ1n) is 17.2. The van der Waals surface area contributed by atoms with E-state index in [1.165, 1.54) is 76.5 Å². The van der Waals surface area contributed by atoms with Crippen LogP contribution in [-0.4, -0.2) is 6.21 Å². The molecule has 1 aliphatic carbocycles. The van der Waals surface area contributed by atoms with Crippen LogP contribution < -0.4 is 5.32 Å². The number of benzene rings is 9. The van der Waals surface area contributed by atoms with E-state index in [-0.39, 0.29) is 6.17 Å². The second kappa shape index (κ2) is 11.6. The molecule has 9 aromatic rings. The van der Waals surface area contributed by atoms with Crippen molar-refractivity contribution in [1.82, 2.24) is 0 Å². The van der Waals surface area contributed by atoms with Crippen LogP contribution in [0.1, 0.15) is 17.3 Å². The Morgan fingerprint density at radius 3 is 1.96 bits per heavy atom. The lowest BCUT2D eigenvalue weighted by atomic mass is 9.89. The van der Waals surface area contributed by atoms with Crippen molar-refractivity contribution in [3.8, 4) is 33.4 Å². The zero-order valence-corrected chi connectivity index (χ0v) is 27.3. The van der Waals surface area contributed by atoms with Crippen molar-refractivity contribution in [3.05, 3.63) is 187 Å². The smallest absolute Gasteiger partial charge is 0.144 e. The zero-order chi connectivity index (χ0) is 33.0. The lowest BCUT2D eigenvalue weighted by Crippen LogP contribution is -2.09. The van der Waals surface area contributed by atoms with Gasteiger partial charge in [-0.15, -0.1) is 0 Å². The van der Waals surface area contributed by atoms with E-state index in [0.717, 1.165) is 16.8 Å². The molecule has 0 saturated heterocycles. The monoisotopic (exact) mass is 636 g/mol. The molecule has 2 heteroatoms. The van der Waals surface area contributed by atoms with Gasteiger partial charge < -0.3 is 5.32 Å². The topological polar surface area (TPSA) is 24.4 Å². The molecule has 0 amide bonds. The normalized spacial score (nSPS) is 12.6. The average Bonchev–Trinajstić information content (AvgIpc) is 3.50. The van der Waals surface area contributed by atoms with Gasteiger partial charge in [-0.2, -0.15) is 0 Å². The van der Waals surface area contributed by atoms with Gasteiger partial charge in [-0.3, -0.25) is 4.99 Å². The van der Waals surface area contributed by atoms with Gasteiger partial charge in [0.1, 0.15) is 6.17 Å². The van der Waals surface area contributed by atoms with Crippen LogP contribution >= 0.6 is 0 Å². The first kappa shape index (κ1) is 28.5. The largest absolute Gasteiger partial charge is 0.360 e.